The summed E-state index contributed by atoms with van der Waals surface area (Å²) in [5.41, 5.74) is 5.48. The molecule has 0 radical (unpaired) electrons. The highest BCUT2D eigenvalue weighted by Gasteiger charge is 2.41. The number of hydrogen-bond acceptors (Lipinski definition) is 4. The molecule has 3 heterocycles. The minimum Gasteiger partial charge on any atom is -0.469 e. The number of aromatic nitrogens is 2. The molecule has 3 aromatic rings. The molecule has 1 aromatic carbocycles. The van der Waals surface area contributed by atoms with E-state index in [-0.39, 0.29) is 24.5 Å². The van der Waals surface area contributed by atoms with E-state index in [0.717, 1.165) is 28.3 Å². The molecule has 31 heavy (non-hydrogen) atoms. The minimum atomic E-state index is -0.252. The van der Waals surface area contributed by atoms with Gasteiger partial charge in [0.1, 0.15) is 0 Å². The van der Waals surface area contributed by atoms with E-state index < -0.39 is 0 Å². The van der Waals surface area contributed by atoms with Crippen LogP contribution in [0.3, 0.4) is 0 Å². The highest BCUT2D eigenvalue weighted by atomic mass is 32.1. The predicted molar refractivity (Wildman–Crippen MR) is 124 cm³/mol. The number of aryl methyl sites for hydroxylation is 1. The Kier molecular flexibility index (Phi) is 6.04. The zero-order valence-electron chi connectivity index (χ0n) is 17.9. The predicted octanol–water partition coefficient (Wildman–Crippen LogP) is 4.02. The van der Waals surface area contributed by atoms with E-state index in [4.69, 9.17) is 17.0 Å². The number of ether oxygens (including phenoxy) is 1. The molecule has 1 fully saturated rings. The Morgan fingerprint density at radius 2 is 1.90 bits per heavy atom. The Balaban J connectivity index is 1.79. The Morgan fingerprint density at radius 1 is 1.16 bits per heavy atom. The Hall–Kier alpha value is -3.19. The van der Waals surface area contributed by atoms with Crippen molar-refractivity contribution in [2.45, 2.75) is 32.4 Å². The van der Waals surface area contributed by atoms with Crippen LogP contribution >= 0.6 is 12.2 Å². The Bertz CT molecular complexity index is 1080. The SMILES string of the molecule is COC(=O)CCN1C(=S)NC(c2ccccn2)C1c1cc(C)n(-c2ccccc2)c1C. The first kappa shape index (κ1) is 21.1. The maximum Gasteiger partial charge on any atom is 0.307 e. The van der Waals surface area contributed by atoms with Crippen LogP contribution in [0.25, 0.3) is 5.69 Å². The zero-order chi connectivity index (χ0) is 22.0. The van der Waals surface area contributed by atoms with Gasteiger partial charge in [0.2, 0.25) is 0 Å². The van der Waals surface area contributed by atoms with Crippen molar-refractivity contribution in [3.8, 4) is 5.69 Å². The number of pyridine rings is 1. The number of rotatable bonds is 6. The molecule has 0 spiro atoms. The van der Waals surface area contributed by atoms with Gasteiger partial charge in [-0.3, -0.25) is 9.78 Å². The average Bonchev–Trinajstić information content (AvgIpc) is 3.28. The highest BCUT2D eigenvalue weighted by Crippen LogP contribution is 2.41. The summed E-state index contributed by atoms with van der Waals surface area (Å²) in [5, 5.41) is 4.06. The molecule has 1 N–H and O–H groups in total. The molecule has 2 atom stereocenters. The number of thiocarbonyl (C=S) groups is 1. The fourth-order valence-electron chi connectivity index (χ4n) is 4.36. The number of methoxy groups -OCH3 is 1. The van der Waals surface area contributed by atoms with Gasteiger partial charge in [0.25, 0.3) is 0 Å². The number of carbonyl (C=O) groups excluding carboxylic acids is 1. The standard InChI is InChI=1S/C24H26N4O2S/c1-16-15-19(17(2)28(16)18-9-5-4-6-10-18)23-22(20-11-7-8-13-25-20)26-24(31)27(23)14-12-21(29)30-3/h4-11,13,15,22-23H,12,14H2,1-3H3,(H,26,31). The van der Waals surface area contributed by atoms with Crippen LogP contribution in [0.4, 0.5) is 0 Å². The third kappa shape index (κ3) is 4.05. The molecule has 4 rings (SSSR count). The van der Waals surface area contributed by atoms with E-state index in [9.17, 15) is 4.79 Å². The maximum absolute atomic E-state index is 11.9. The van der Waals surface area contributed by atoms with Crippen LogP contribution in [0, 0.1) is 13.8 Å². The maximum atomic E-state index is 11.9. The first-order valence-corrected chi connectivity index (χ1v) is 10.7. The van der Waals surface area contributed by atoms with E-state index in [1.54, 1.807) is 6.20 Å². The van der Waals surface area contributed by atoms with Crippen LogP contribution in [-0.4, -0.2) is 39.2 Å². The van der Waals surface area contributed by atoms with E-state index in [1.165, 1.54) is 7.11 Å². The summed E-state index contributed by atoms with van der Waals surface area (Å²) in [6.45, 7) is 4.71. The van der Waals surface area contributed by atoms with Gasteiger partial charge in [0, 0.05) is 29.8 Å². The van der Waals surface area contributed by atoms with Crippen molar-refractivity contribution < 1.29 is 9.53 Å². The van der Waals surface area contributed by atoms with Gasteiger partial charge in [-0.05, 0) is 62.0 Å². The highest BCUT2D eigenvalue weighted by molar-refractivity contribution is 7.80. The van der Waals surface area contributed by atoms with Crippen LogP contribution < -0.4 is 5.32 Å². The van der Waals surface area contributed by atoms with Crippen LogP contribution in [0.5, 0.6) is 0 Å². The summed E-state index contributed by atoms with van der Waals surface area (Å²) in [5.74, 6) is -0.252. The fraction of sp³-hybridized carbons (Fsp3) is 0.292. The van der Waals surface area contributed by atoms with E-state index >= 15 is 0 Å². The molecule has 7 heteroatoms. The summed E-state index contributed by atoms with van der Waals surface area (Å²) in [6.07, 6.45) is 2.06. The topological polar surface area (TPSA) is 59.4 Å². The molecule has 0 bridgehead atoms. The molecule has 1 saturated heterocycles. The number of carbonyl (C=O) groups is 1. The van der Waals surface area contributed by atoms with E-state index in [1.807, 2.05) is 36.4 Å². The lowest BCUT2D eigenvalue weighted by Crippen LogP contribution is -2.32. The molecule has 2 unspecified atom stereocenters. The number of hydrogen-bond donors (Lipinski definition) is 1. The van der Waals surface area contributed by atoms with Gasteiger partial charge in [0.05, 0.1) is 31.3 Å². The molecule has 6 nitrogen and oxygen atoms in total. The van der Waals surface area contributed by atoms with Crippen molar-refractivity contribution >= 4 is 23.3 Å². The molecule has 0 saturated carbocycles. The van der Waals surface area contributed by atoms with Crippen molar-refractivity contribution in [1.29, 1.82) is 0 Å². The van der Waals surface area contributed by atoms with Gasteiger partial charge in [-0.2, -0.15) is 0 Å². The van der Waals surface area contributed by atoms with Crippen LogP contribution in [0.1, 0.15) is 41.1 Å². The molecule has 160 valence electrons. The van der Waals surface area contributed by atoms with Crippen LogP contribution in [-0.2, 0) is 9.53 Å². The first-order chi connectivity index (χ1) is 15.0. The fourth-order valence-corrected chi connectivity index (χ4v) is 4.69. The third-order valence-corrected chi connectivity index (χ3v) is 6.14. The molecule has 2 aromatic heterocycles. The van der Waals surface area contributed by atoms with Crippen molar-refractivity contribution in [2.24, 2.45) is 0 Å². The van der Waals surface area contributed by atoms with Crippen LogP contribution in [0.2, 0.25) is 0 Å². The average molecular weight is 435 g/mol. The second-order valence-electron chi connectivity index (χ2n) is 7.64. The summed E-state index contributed by atoms with van der Waals surface area (Å²) >= 11 is 5.69. The first-order valence-electron chi connectivity index (χ1n) is 10.3. The van der Waals surface area contributed by atoms with Crippen LogP contribution in [0.15, 0.2) is 60.8 Å². The monoisotopic (exact) mass is 434 g/mol. The second kappa shape index (κ2) is 8.89. The van der Waals surface area contributed by atoms with Gasteiger partial charge < -0.3 is 19.5 Å². The van der Waals surface area contributed by atoms with Crippen molar-refractivity contribution in [3.05, 3.63) is 83.4 Å². The molecule has 0 amide bonds. The summed E-state index contributed by atoms with van der Waals surface area (Å²) in [7, 11) is 1.41. The van der Waals surface area contributed by atoms with E-state index in [2.05, 4.69) is 51.8 Å². The molecular weight excluding hydrogens is 408 g/mol. The number of esters is 1. The van der Waals surface area contributed by atoms with Gasteiger partial charge in [0.15, 0.2) is 5.11 Å². The quantitative estimate of drug-likeness (QED) is 0.467. The third-order valence-electron chi connectivity index (χ3n) is 5.79. The summed E-state index contributed by atoms with van der Waals surface area (Å²) in [4.78, 5) is 18.5. The van der Waals surface area contributed by atoms with Gasteiger partial charge >= 0.3 is 5.97 Å². The normalized spacial score (nSPS) is 18.2. The Labute approximate surface area is 187 Å². The molecule has 0 aliphatic carbocycles. The van der Waals surface area contributed by atoms with Crippen molar-refractivity contribution in [1.82, 2.24) is 19.8 Å². The number of para-hydroxylation sites is 1. The zero-order valence-corrected chi connectivity index (χ0v) is 18.7. The number of nitrogens with one attached hydrogen (secondary N) is 1. The van der Waals surface area contributed by atoms with Gasteiger partial charge in [-0.1, -0.05) is 24.3 Å². The Morgan fingerprint density at radius 3 is 2.58 bits per heavy atom. The number of nitrogens with zero attached hydrogens (tertiary/aromatic N) is 3. The van der Waals surface area contributed by atoms with Crippen molar-refractivity contribution in [3.63, 3.8) is 0 Å². The van der Waals surface area contributed by atoms with Crippen molar-refractivity contribution in [2.75, 3.05) is 13.7 Å². The van der Waals surface area contributed by atoms with Gasteiger partial charge in [-0.15, -0.1) is 0 Å². The lowest BCUT2D eigenvalue weighted by Gasteiger charge is -2.28. The largest absolute Gasteiger partial charge is 0.469 e. The minimum absolute atomic E-state index is 0.0873. The second-order valence-corrected chi connectivity index (χ2v) is 8.03. The summed E-state index contributed by atoms with van der Waals surface area (Å²) < 4.78 is 7.11. The van der Waals surface area contributed by atoms with Gasteiger partial charge in [-0.25, -0.2) is 0 Å². The molecule has 1 aliphatic heterocycles. The number of benzene rings is 1. The smallest absolute Gasteiger partial charge is 0.307 e. The lowest BCUT2D eigenvalue weighted by molar-refractivity contribution is -0.140. The summed E-state index contributed by atoms with van der Waals surface area (Å²) in [6, 6.07) is 18.2. The van der Waals surface area contributed by atoms with E-state index in [0.29, 0.717) is 11.7 Å². The molecular formula is C24H26N4O2S. The lowest BCUT2D eigenvalue weighted by atomic mass is 9.96. The molecule has 1 aliphatic rings.